The first-order valence-electron chi connectivity index (χ1n) is 5.71. The van der Waals surface area contributed by atoms with Gasteiger partial charge in [0, 0.05) is 23.1 Å². The van der Waals surface area contributed by atoms with Crippen LogP contribution in [0.15, 0.2) is 34.1 Å². The summed E-state index contributed by atoms with van der Waals surface area (Å²) < 4.78 is 49.1. The molecule has 5 nitrogen and oxygen atoms in total. The molecule has 20 heavy (non-hydrogen) atoms. The van der Waals surface area contributed by atoms with Crippen molar-refractivity contribution < 1.29 is 16.8 Å². The Bertz CT molecular complexity index is 720. The van der Waals surface area contributed by atoms with E-state index in [0.717, 1.165) is 6.07 Å². The fourth-order valence-electron chi connectivity index (χ4n) is 1.49. The Morgan fingerprint density at radius 3 is 2.40 bits per heavy atom. The van der Waals surface area contributed by atoms with Gasteiger partial charge in [0.05, 0.1) is 9.79 Å². The molecule has 0 amide bonds. The molecule has 1 N–H and O–H groups in total. The van der Waals surface area contributed by atoms with Gasteiger partial charge in [-0.1, -0.05) is 13.0 Å². The topological polar surface area (TPSA) is 80.3 Å². The van der Waals surface area contributed by atoms with E-state index in [1.807, 2.05) is 0 Å². The van der Waals surface area contributed by atoms with Crippen LogP contribution < -0.4 is 4.72 Å². The molecule has 1 rings (SSSR count). The zero-order valence-electron chi connectivity index (χ0n) is 10.7. The molecule has 0 aliphatic rings. The summed E-state index contributed by atoms with van der Waals surface area (Å²) in [4.78, 5) is -0.443. The number of benzene rings is 1. The lowest BCUT2D eigenvalue weighted by Crippen LogP contribution is -2.34. The summed E-state index contributed by atoms with van der Waals surface area (Å²) in [5, 5.41) is 0. The maximum absolute atomic E-state index is 12.1. The van der Waals surface area contributed by atoms with Gasteiger partial charge in [-0.15, -0.1) is 12.3 Å². The SMILES string of the molecule is C#CCC(CC)NS(=O)(=O)c1cccc(S(=O)(=O)Cl)c1. The van der Waals surface area contributed by atoms with Crippen LogP contribution in [0.1, 0.15) is 19.8 Å². The number of halogens is 1. The van der Waals surface area contributed by atoms with Crippen molar-refractivity contribution in [3.05, 3.63) is 24.3 Å². The van der Waals surface area contributed by atoms with Gasteiger partial charge in [-0.25, -0.2) is 21.6 Å². The predicted octanol–water partition coefficient (Wildman–Crippen LogP) is 1.69. The quantitative estimate of drug-likeness (QED) is 0.633. The number of nitrogens with one attached hydrogen (secondary N) is 1. The zero-order chi connectivity index (χ0) is 15.4. The second kappa shape index (κ2) is 6.59. The van der Waals surface area contributed by atoms with Crippen molar-refractivity contribution in [1.82, 2.24) is 4.72 Å². The third-order valence-electron chi connectivity index (χ3n) is 2.58. The molecule has 0 saturated heterocycles. The highest BCUT2D eigenvalue weighted by molar-refractivity contribution is 8.13. The third-order valence-corrected chi connectivity index (χ3v) is 5.45. The van der Waals surface area contributed by atoms with Crippen LogP contribution in [0.5, 0.6) is 0 Å². The van der Waals surface area contributed by atoms with E-state index in [2.05, 4.69) is 10.6 Å². The van der Waals surface area contributed by atoms with E-state index in [9.17, 15) is 16.8 Å². The van der Waals surface area contributed by atoms with E-state index in [0.29, 0.717) is 6.42 Å². The fraction of sp³-hybridized carbons (Fsp3) is 0.333. The normalized spacial score (nSPS) is 13.7. The van der Waals surface area contributed by atoms with Crippen LogP contribution in [-0.4, -0.2) is 22.9 Å². The molecule has 0 aliphatic carbocycles. The second-order valence-corrected chi connectivity index (χ2v) is 8.33. The molecule has 1 atom stereocenters. The van der Waals surface area contributed by atoms with Gasteiger partial charge < -0.3 is 0 Å². The van der Waals surface area contributed by atoms with E-state index in [1.54, 1.807) is 6.92 Å². The molecular weight excluding hydrogens is 322 g/mol. The average Bonchev–Trinajstić information content (AvgIpc) is 2.37. The predicted molar refractivity (Wildman–Crippen MR) is 77.3 cm³/mol. The molecular formula is C12H14ClNO4S2. The lowest BCUT2D eigenvalue weighted by Gasteiger charge is -2.14. The minimum Gasteiger partial charge on any atom is -0.207 e. The summed E-state index contributed by atoms with van der Waals surface area (Å²) in [5.74, 6) is 2.38. The molecule has 0 spiro atoms. The molecule has 1 aromatic carbocycles. The molecule has 0 saturated carbocycles. The smallest absolute Gasteiger partial charge is 0.207 e. The van der Waals surface area contributed by atoms with Crippen molar-refractivity contribution in [3.8, 4) is 12.3 Å². The maximum atomic E-state index is 12.1. The molecule has 110 valence electrons. The Morgan fingerprint density at radius 1 is 1.30 bits per heavy atom. The van der Waals surface area contributed by atoms with Crippen LogP contribution in [0, 0.1) is 12.3 Å². The second-order valence-electron chi connectivity index (χ2n) is 4.05. The largest absolute Gasteiger partial charge is 0.261 e. The molecule has 1 aromatic rings. The van der Waals surface area contributed by atoms with Crippen molar-refractivity contribution in [3.63, 3.8) is 0 Å². The van der Waals surface area contributed by atoms with E-state index < -0.39 is 25.1 Å². The number of terminal acetylenes is 1. The first kappa shape index (κ1) is 17.0. The highest BCUT2D eigenvalue weighted by atomic mass is 35.7. The fourth-order valence-corrected chi connectivity index (χ4v) is 3.73. The van der Waals surface area contributed by atoms with E-state index in [1.165, 1.54) is 18.2 Å². The molecule has 0 aromatic heterocycles. The highest BCUT2D eigenvalue weighted by Gasteiger charge is 2.20. The summed E-state index contributed by atoms with van der Waals surface area (Å²) in [6, 6.07) is 4.43. The molecule has 0 radical (unpaired) electrons. The van der Waals surface area contributed by atoms with Crippen molar-refractivity contribution in [1.29, 1.82) is 0 Å². The molecule has 0 fully saturated rings. The van der Waals surface area contributed by atoms with Crippen LogP contribution in [0.3, 0.4) is 0 Å². The maximum Gasteiger partial charge on any atom is 0.261 e. The average molecular weight is 336 g/mol. The minimum absolute atomic E-state index is 0.172. The summed E-state index contributed by atoms with van der Waals surface area (Å²) in [6.45, 7) is 1.80. The zero-order valence-corrected chi connectivity index (χ0v) is 13.1. The van der Waals surface area contributed by atoms with Gasteiger partial charge in [0.1, 0.15) is 0 Å². The number of hydrogen-bond donors (Lipinski definition) is 1. The lowest BCUT2D eigenvalue weighted by molar-refractivity contribution is 0.544. The third kappa shape index (κ3) is 4.49. The van der Waals surface area contributed by atoms with Crippen molar-refractivity contribution in [2.45, 2.75) is 35.6 Å². The standard InChI is InChI=1S/C12H14ClNO4S2/c1-3-6-10(4-2)14-20(17,18)12-8-5-7-11(9-12)19(13,15)16/h1,5,7-10,14H,4,6H2,2H3. The van der Waals surface area contributed by atoms with Crippen LogP contribution in [0.4, 0.5) is 0 Å². The van der Waals surface area contributed by atoms with Crippen LogP contribution in [-0.2, 0) is 19.1 Å². The van der Waals surface area contributed by atoms with Crippen molar-refractivity contribution in [2.75, 3.05) is 0 Å². The number of sulfonamides is 1. The van der Waals surface area contributed by atoms with Gasteiger partial charge in [-0.2, -0.15) is 0 Å². The molecule has 0 aliphatic heterocycles. The summed E-state index contributed by atoms with van der Waals surface area (Å²) in [6.07, 6.45) is 5.94. The highest BCUT2D eigenvalue weighted by Crippen LogP contribution is 2.19. The van der Waals surface area contributed by atoms with Crippen LogP contribution in [0.25, 0.3) is 0 Å². The lowest BCUT2D eigenvalue weighted by atomic mass is 10.2. The Hall–Kier alpha value is -1.07. The van der Waals surface area contributed by atoms with E-state index >= 15 is 0 Å². The van der Waals surface area contributed by atoms with Crippen molar-refractivity contribution in [2.24, 2.45) is 0 Å². The van der Waals surface area contributed by atoms with E-state index in [4.69, 9.17) is 17.1 Å². The summed E-state index contributed by atoms with van der Waals surface area (Å²) in [7, 11) is -2.63. The Morgan fingerprint density at radius 2 is 1.90 bits per heavy atom. The molecule has 0 bridgehead atoms. The first-order valence-corrected chi connectivity index (χ1v) is 9.50. The molecule has 1 unspecified atom stereocenters. The molecule has 8 heteroatoms. The monoisotopic (exact) mass is 335 g/mol. The summed E-state index contributed by atoms with van der Waals surface area (Å²) in [5.41, 5.74) is 0. The van der Waals surface area contributed by atoms with Gasteiger partial charge in [-0.3, -0.25) is 0 Å². The number of hydrogen-bond acceptors (Lipinski definition) is 4. The van der Waals surface area contributed by atoms with Gasteiger partial charge >= 0.3 is 0 Å². The van der Waals surface area contributed by atoms with Gasteiger partial charge in [0.2, 0.25) is 10.0 Å². The van der Waals surface area contributed by atoms with E-state index in [-0.39, 0.29) is 16.2 Å². The number of rotatable bonds is 6. The van der Waals surface area contributed by atoms with Crippen molar-refractivity contribution >= 4 is 29.8 Å². The Labute approximate surface area is 123 Å². The Kier molecular flexibility index (Phi) is 5.59. The minimum atomic E-state index is -3.98. The summed E-state index contributed by atoms with van der Waals surface area (Å²) >= 11 is 0. The Balaban J connectivity index is 3.14. The molecule has 0 heterocycles. The van der Waals surface area contributed by atoms with Gasteiger partial charge in [0.15, 0.2) is 0 Å². The van der Waals surface area contributed by atoms with Gasteiger partial charge in [0.25, 0.3) is 9.05 Å². The first-order chi connectivity index (χ1) is 9.20. The van der Waals surface area contributed by atoms with Crippen LogP contribution in [0.2, 0.25) is 0 Å². The van der Waals surface area contributed by atoms with Gasteiger partial charge in [-0.05, 0) is 24.6 Å². The van der Waals surface area contributed by atoms with Crippen LogP contribution >= 0.6 is 10.7 Å².